The molecule has 1 atom stereocenters. The van der Waals surface area contributed by atoms with Crippen molar-refractivity contribution in [2.24, 2.45) is 12.9 Å². The molecule has 21 heavy (non-hydrogen) atoms. The lowest BCUT2D eigenvalue weighted by atomic mass is 10.0. The molecule has 1 aromatic heterocycles. The van der Waals surface area contributed by atoms with Crippen molar-refractivity contribution in [2.45, 2.75) is 6.04 Å². The molecule has 0 amide bonds. The van der Waals surface area contributed by atoms with Gasteiger partial charge in [-0.05, 0) is 28.1 Å². The van der Waals surface area contributed by atoms with Crippen LogP contribution in [0.5, 0.6) is 0 Å². The maximum Gasteiger partial charge on any atom is 0.142 e. The highest BCUT2D eigenvalue weighted by Gasteiger charge is 2.23. The standard InChI is InChI=1S/C15H14BrFN4/c1-21-12-8-3-2-5-9(12)15(20-21)14(19-18)10-6-4-7-11(16)13(10)17/h2-8,14,19H,18H2,1H3. The summed E-state index contributed by atoms with van der Waals surface area (Å²) in [4.78, 5) is 0. The van der Waals surface area contributed by atoms with Crippen LogP contribution in [0.15, 0.2) is 46.9 Å². The first-order valence-corrected chi connectivity index (χ1v) is 7.24. The number of hydrogen-bond donors (Lipinski definition) is 2. The highest BCUT2D eigenvalue weighted by atomic mass is 79.9. The second-order valence-corrected chi connectivity index (χ2v) is 5.62. The number of aromatic nitrogens is 2. The molecule has 3 rings (SSSR count). The minimum Gasteiger partial charge on any atom is -0.271 e. The van der Waals surface area contributed by atoms with Gasteiger partial charge in [0.25, 0.3) is 0 Å². The summed E-state index contributed by atoms with van der Waals surface area (Å²) in [5, 5.41) is 5.45. The molecule has 108 valence electrons. The summed E-state index contributed by atoms with van der Waals surface area (Å²) in [5.41, 5.74) is 4.80. The number of halogens is 2. The molecule has 3 N–H and O–H groups in total. The van der Waals surface area contributed by atoms with Crippen LogP contribution in [0.1, 0.15) is 17.3 Å². The summed E-state index contributed by atoms with van der Waals surface area (Å²) < 4.78 is 16.5. The van der Waals surface area contributed by atoms with E-state index >= 15 is 0 Å². The lowest BCUT2D eigenvalue weighted by Crippen LogP contribution is -2.30. The van der Waals surface area contributed by atoms with Gasteiger partial charge in [-0.25, -0.2) is 9.82 Å². The van der Waals surface area contributed by atoms with E-state index in [1.807, 2.05) is 31.3 Å². The third kappa shape index (κ3) is 2.35. The van der Waals surface area contributed by atoms with Crippen LogP contribution in [0.2, 0.25) is 0 Å². The van der Waals surface area contributed by atoms with Crippen LogP contribution < -0.4 is 11.3 Å². The maximum atomic E-state index is 14.4. The number of nitrogens with two attached hydrogens (primary N) is 1. The Morgan fingerprint density at radius 1 is 1.24 bits per heavy atom. The maximum absolute atomic E-state index is 14.4. The van der Waals surface area contributed by atoms with E-state index in [0.29, 0.717) is 15.7 Å². The molecule has 0 aliphatic carbocycles. The SMILES string of the molecule is Cn1nc(C(NN)c2cccc(Br)c2F)c2ccccc21. The highest BCUT2D eigenvalue weighted by Crippen LogP contribution is 2.31. The Morgan fingerprint density at radius 2 is 2.00 bits per heavy atom. The third-order valence-corrected chi connectivity index (χ3v) is 4.13. The summed E-state index contributed by atoms with van der Waals surface area (Å²) in [6.45, 7) is 0. The van der Waals surface area contributed by atoms with E-state index in [1.54, 1.807) is 22.9 Å². The fourth-order valence-electron chi connectivity index (χ4n) is 2.51. The number of nitrogens with one attached hydrogen (secondary N) is 1. The van der Waals surface area contributed by atoms with Crippen LogP contribution in [-0.4, -0.2) is 9.78 Å². The number of hydrogen-bond acceptors (Lipinski definition) is 3. The first kappa shape index (κ1) is 14.2. The van der Waals surface area contributed by atoms with Gasteiger partial charge in [0.2, 0.25) is 0 Å². The first-order valence-electron chi connectivity index (χ1n) is 6.45. The second kappa shape index (κ2) is 5.55. The van der Waals surface area contributed by atoms with Crippen molar-refractivity contribution in [3.05, 3.63) is 64.0 Å². The van der Waals surface area contributed by atoms with E-state index in [9.17, 15) is 4.39 Å². The zero-order valence-corrected chi connectivity index (χ0v) is 12.9. The van der Waals surface area contributed by atoms with Crippen molar-refractivity contribution >= 4 is 26.8 Å². The van der Waals surface area contributed by atoms with Crippen LogP contribution >= 0.6 is 15.9 Å². The monoisotopic (exact) mass is 348 g/mol. The van der Waals surface area contributed by atoms with Crippen LogP contribution in [-0.2, 0) is 7.05 Å². The fraction of sp³-hybridized carbons (Fsp3) is 0.133. The minimum absolute atomic E-state index is 0.338. The summed E-state index contributed by atoms with van der Waals surface area (Å²) in [7, 11) is 1.86. The molecule has 0 radical (unpaired) electrons. The first-order chi connectivity index (χ1) is 10.1. The van der Waals surface area contributed by atoms with E-state index in [4.69, 9.17) is 5.84 Å². The van der Waals surface area contributed by atoms with Crippen molar-refractivity contribution in [3.8, 4) is 0 Å². The summed E-state index contributed by atoms with van der Waals surface area (Å²) in [6.07, 6.45) is 0. The van der Waals surface area contributed by atoms with Crippen LogP contribution in [0.3, 0.4) is 0 Å². The zero-order valence-electron chi connectivity index (χ0n) is 11.3. The van der Waals surface area contributed by atoms with Gasteiger partial charge in [-0.3, -0.25) is 10.5 Å². The summed E-state index contributed by atoms with van der Waals surface area (Å²) in [5.74, 6) is 5.34. The Hall–Kier alpha value is -1.76. The average molecular weight is 349 g/mol. The van der Waals surface area contributed by atoms with E-state index < -0.39 is 6.04 Å². The molecule has 0 aliphatic heterocycles. The highest BCUT2D eigenvalue weighted by molar-refractivity contribution is 9.10. The molecule has 0 bridgehead atoms. The summed E-state index contributed by atoms with van der Waals surface area (Å²) in [6, 6.07) is 12.4. The van der Waals surface area contributed by atoms with E-state index in [2.05, 4.69) is 26.5 Å². The average Bonchev–Trinajstić information content (AvgIpc) is 2.82. The Morgan fingerprint density at radius 3 is 2.76 bits per heavy atom. The minimum atomic E-state index is -0.520. The van der Waals surface area contributed by atoms with Crippen molar-refractivity contribution in [2.75, 3.05) is 0 Å². The van der Waals surface area contributed by atoms with Gasteiger partial charge < -0.3 is 0 Å². The Bertz CT molecular complexity index is 799. The van der Waals surface area contributed by atoms with E-state index in [0.717, 1.165) is 10.9 Å². The fourth-order valence-corrected chi connectivity index (χ4v) is 2.90. The predicted molar refractivity (Wildman–Crippen MR) is 84.0 cm³/mol. The Balaban J connectivity index is 2.21. The van der Waals surface area contributed by atoms with Crippen molar-refractivity contribution < 1.29 is 4.39 Å². The number of aryl methyl sites for hydroxylation is 1. The molecular weight excluding hydrogens is 335 g/mol. The van der Waals surface area contributed by atoms with Crippen molar-refractivity contribution in [1.82, 2.24) is 15.2 Å². The quantitative estimate of drug-likeness (QED) is 0.565. The normalized spacial score (nSPS) is 12.8. The lowest BCUT2D eigenvalue weighted by Gasteiger charge is -2.16. The van der Waals surface area contributed by atoms with E-state index in [-0.39, 0.29) is 5.82 Å². The Kier molecular flexibility index (Phi) is 3.75. The second-order valence-electron chi connectivity index (χ2n) is 4.77. The topological polar surface area (TPSA) is 55.9 Å². The number of fused-ring (bicyclic) bond motifs is 1. The largest absolute Gasteiger partial charge is 0.271 e. The number of para-hydroxylation sites is 1. The molecule has 0 aliphatic rings. The number of rotatable bonds is 3. The molecule has 0 saturated heterocycles. The molecule has 1 unspecified atom stereocenters. The lowest BCUT2D eigenvalue weighted by molar-refractivity contribution is 0.545. The smallest absolute Gasteiger partial charge is 0.142 e. The van der Waals surface area contributed by atoms with E-state index in [1.165, 1.54) is 0 Å². The molecule has 0 spiro atoms. The molecule has 0 saturated carbocycles. The number of hydrazine groups is 1. The zero-order chi connectivity index (χ0) is 15.0. The predicted octanol–water partition coefficient (Wildman–Crippen LogP) is 3.03. The Labute approximate surface area is 129 Å². The number of nitrogens with zero attached hydrogens (tertiary/aromatic N) is 2. The van der Waals surface area contributed by atoms with Gasteiger partial charge in [-0.15, -0.1) is 0 Å². The van der Waals surface area contributed by atoms with Gasteiger partial charge in [-0.1, -0.05) is 30.3 Å². The van der Waals surface area contributed by atoms with Gasteiger partial charge in [0.05, 0.1) is 21.7 Å². The molecular formula is C15H14BrFN4. The van der Waals surface area contributed by atoms with Crippen molar-refractivity contribution in [3.63, 3.8) is 0 Å². The van der Waals surface area contributed by atoms with Crippen LogP contribution in [0, 0.1) is 5.82 Å². The van der Waals surface area contributed by atoms with Crippen LogP contribution in [0.25, 0.3) is 10.9 Å². The van der Waals surface area contributed by atoms with Gasteiger partial charge in [0, 0.05) is 18.0 Å². The molecule has 3 aromatic rings. The third-order valence-electron chi connectivity index (χ3n) is 3.52. The summed E-state index contributed by atoms with van der Waals surface area (Å²) >= 11 is 3.20. The number of benzene rings is 2. The molecule has 4 nitrogen and oxygen atoms in total. The van der Waals surface area contributed by atoms with Crippen molar-refractivity contribution in [1.29, 1.82) is 0 Å². The molecule has 1 heterocycles. The van der Waals surface area contributed by atoms with Gasteiger partial charge in [-0.2, -0.15) is 5.10 Å². The van der Waals surface area contributed by atoms with Gasteiger partial charge in [0.1, 0.15) is 5.82 Å². The molecule has 0 fully saturated rings. The molecule has 6 heteroatoms. The van der Waals surface area contributed by atoms with Crippen LogP contribution in [0.4, 0.5) is 4.39 Å². The molecule has 2 aromatic carbocycles. The van der Waals surface area contributed by atoms with Gasteiger partial charge >= 0.3 is 0 Å². The van der Waals surface area contributed by atoms with Gasteiger partial charge in [0.15, 0.2) is 0 Å².